The molecule has 10 heteroatoms. The third kappa shape index (κ3) is 6.38. The molecule has 2 aliphatic rings. The first-order chi connectivity index (χ1) is 20.4. The zero-order valence-corrected chi connectivity index (χ0v) is 25.1. The van der Waals surface area contributed by atoms with E-state index in [1.807, 2.05) is 39.8 Å². The van der Waals surface area contributed by atoms with Crippen LogP contribution in [0.2, 0.25) is 0 Å². The van der Waals surface area contributed by atoms with Gasteiger partial charge in [-0.05, 0) is 106 Å². The molecule has 4 rings (SSSR count). The summed E-state index contributed by atoms with van der Waals surface area (Å²) in [5.74, 6) is -3.09. The second-order valence-corrected chi connectivity index (χ2v) is 11.0. The van der Waals surface area contributed by atoms with Crippen LogP contribution in [0, 0.1) is 19.8 Å². The van der Waals surface area contributed by atoms with Crippen LogP contribution in [0.5, 0.6) is 0 Å². The van der Waals surface area contributed by atoms with Gasteiger partial charge in [-0.2, -0.15) is 0 Å². The summed E-state index contributed by atoms with van der Waals surface area (Å²) in [6.45, 7) is 13.1. The fourth-order valence-corrected chi connectivity index (χ4v) is 5.89. The molecule has 10 nitrogen and oxygen atoms in total. The predicted octanol–water partition coefficient (Wildman–Crippen LogP) is 0.0409. The van der Waals surface area contributed by atoms with Gasteiger partial charge in [-0.1, -0.05) is 18.7 Å². The number of rotatable bonds is 11. The summed E-state index contributed by atoms with van der Waals surface area (Å²) in [5.41, 5.74) is 7.53. The Bertz CT molecular complexity index is 1750. The van der Waals surface area contributed by atoms with Crippen molar-refractivity contribution in [2.75, 3.05) is 0 Å². The number of carboxylic acids is 2. The number of carbonyl (C=O) groups excluding carboxylic acids is 4. The molecule has 2 aliphatic heterocycles. The Labute approximate surface area is 249 Å². The second-order valence-electron chi connectivity index (χ2n) is 11.0. The molecule has 2 aromatic rings. The van der Waals surface area contributed by atoms with Gasteiger partial charge in [-0.3, -0.25) is 9.59 Å². The second kappa shape index (κ2) is 12.6. The molecule has 0 aromatic carbocycles. The third-order valence-electron chi connectivity index (χ3n) is 8.48. The van der Waals surface area contributed by atoms with Gasteiger partial charge in [0, 0.05) is 46.0 Å². The number of allylic oxidation sites excluding steroid dienone is 1. The lowest BCUT2D eigenvalue weighted by Crippen LogP contribution is -2.30. The van der Waals surface area contributed by atoms with Crippen molar-refractivity contribution in [2.24, 2.45) is 10.9 Å². The monoisotopic (exact) mass is 584 g/mol. The minimum Gasteiger partial charge on any atom is -0.550 e. The number of aliphatic carboxylic acids is 2. The SMILES string of the molecule is C=CC1=C(C)C(Cc2[nH]c(/C=c3\[nH]c(=CC4=NC(=O)C(C)/C4=C/C)c(C)c3CCC(=O)[O-])c(CCC(=O)[O-])c2C)NC1=O. The number of aromatic nitrogens is 2. The molecule has 2 atom stereocenters. The maximum atomic E-state index is 12.4. The molecule has 0 aliphatic carbocycles. The van der Waals surface area contributed by atoms with Crippen LogP contribution in [0.4, 0.5) is 0 Å². The third-order valence-corrected chi connectivity index (χ3v) is 8.48. The summed E-state index contributed by atoms with van der Waals surface area (Å²) in [6, 6.07) is -0.245. The van der Waals surface area contributed by atoms with Crippen molar-refractivity contribution in [3.8, 4) is 0 Å². The van der Waals surface area contributed by atoms with Crippen molar-refractivity contribution in [3.63, 3.8) is 0 Å². The number of nitrogens with one attached hydrogen (secondary N) is 3. The summed E-state index contributed by atoms with van der Waals surface area (Å²) >= 11 is 0. The molecular formula is C33H36N4O6-2. The highest BCUT2D eigenvalue weighted by molar-refractivity contribution is 6.29. The van der Waals surface area contributed by atoms with Crippen LogP contribution in [0.25, 0.3) is 12.2 Å². The summed E-state index contributed by atoms with van der Waals surface area (Å²) in [6.07, 6.45) is 7.55. The average Bonchev–Trinajstić information content (AvgIpc) is 3.59. The molecule has 0 fully saturated rings. The molecule has 4 heterocycles. The van der Waals surface area contributed by atoms with E-state index in [0.717, 1.165) is 39.1 Å². The Hall–Kier alpha value is -4.73. The lowest BCUT2D eigenvalue weighted by molar-refractivity contribution is -0.307. The van der Waals surface area contributed by atoms with Crippen LogP contribution in [0.15, 0.2) is 40.4 Å². The molecule has 2 aromatic heterocycles. The minimum atomic E-state index is -1.18. The first-order valence-corrected chi connectivity index (χ1v) is 14.3. The standard InChI is InChI=1S/C33H38N4O6/c1-7-20-19(6)32(42)37-27(20)14-25-18(5)23(10-12-31(40)41)29(35-25)15-28-22(9-11-30(38)39)17(4)24(34-28)13-26-16(3)21(8-2)33(43)36-26/h7-8,14-15,19,26,34-35H,2,9-13H2,1,3-6H3,(H,36,43)(H,38,39)(H,40,41)/p-2/b20-7-,25-14?,29-15-. The maximum absolute atomic E-state index is 12.4. The van der Waals surface area contributed by atoms with E-state index in [9.17, 15) is 29.4 Å². The van der Waals surface area contributed by atoms with E-state index < -0.39 is 11.9 Å². The Kier molecular flexibility index (Phi) is 9.18. The van der Waals surface area contributed by atoms with Gasteiger partial charge in [-0.25, -0.2) is 4.99 Å². The highest BCUT2D eigenvalue weighted by Crippen LogP contribution is 2.26. The maximum Gasteiger partial charge on any atom is 0.253 e. The highest BCUT2D eigenvalue weighted by atomic mass is 16.4. The number of amides is 2. The lowest BCUT2D eigenvalue weighted by atomic mass is 9.98. The normalized spacial score (nSPS) is 20.4. The van der Waals surface area contributed by atoms with Crippen LogP contribution in [-0.4, -0.2) is 45.5 Å². The van der Waals surface area contributed by atoms with Gasteiger partial charge in [0.05, 0.1) is 17.7 Å². The summed E-state index contributed by atoms with van der Waals surface area (Å²) < 4.78 is 0. The number of aromatic amines is 2. The lowest BCUT2D eigenvalue weighted by Gasteiger charge is -2.12. The zero-order chi connectivity index (χ0) is 31.6. The van der Waals surface area contributed by atoms with Gasteiger partial charge in [0.25, 0.3) is 11.8 Å². The average molecular weight is 585 g/mol. The number of carbonyl (C=O) groups is 4. The van der Waals surface area contributed by atoms with Crippen molar-refractivity contribution in [3.05, 3.63) is 79.8 Å². The van der Waals surface area contributed by atoms with Gasteiger partial charge >= 0.3 is 0 Å². The van der Waals surface area contributed by atoms with Gasteiger partial charge in [-0.15, -0.1) is 0 Å². The van der Waals surface area contributed by atoms with Crippen molar-refractivity contribution < 1.29 is 29.4 Å². The molecule has 0 saturated carbocycles. The molecule has 0 bridgehead atoms. The molecule has 3 N–H and O–H groups in total. The van der Waals surface area contributed by atoms with Crippen LogP contribution in [0.3, 0.4) is 0 Å². The Morgan fingerprint density at radius 3 is 2.19 bits per heavy atom. The molecule has 0 spiro atoms. The fourth-order valence-electron chi connectivity index (χ4n) is 5.89. The fraction of sp³-hybridized carbons (Fsp3) is 0.364. The molecule has 43 heavy (non-hydrogen) atoms. The van der Waals surface area contributed by atoms with E-state index >= 15 is 0 Å². The molecule has 0 radical (unpaired) electrons. The first-order valence-electron chi connectivity index (χ1n) is 14.3. The van der Waals surface area contributed by atoms with Crippen molar-refractivity contribution in [2.45, 2.75) is 72.8 Å². The van der Waals surface area contributed by atoms with E-state index in [1.165, 1.54) is 0 Å². The Morgan fingerprint density at radius 2 is 1.60 bits per heavy atom. The Morgan fingerprint density at radius 1 is 0.953 bits per heavy atom. The smallest absolute Gasteiger partial charge is 0.253 e. The van der Waals surface area contributed by atoms with Gasteiger partial charge in [0.15, 0.2) is 0 Å². The summed E-state index contributed by atoms with van der Waals surface area (Å²) in [4.78, 5) is 58.4. The van der Waals surface area contributed by atoms with Crippen molar-refractivity contribution >= 4 is 41.6 Å². The number of hydrogen-bond acceptors (Lipinski definition) is 6. The number of aliphatic imine (C=N–C) groups is 1. The van der Waals surface area contributed by atoms with Gasteiger partial charge < -0.3 is 35.1 Å². The molecule has 2 amide bonds. The van der Waals surface area contributed by atoms with Crippen LogP contribution < -0.4 is 26.2 Å². The quantitative estimate of drug-likeness (QED) is 0.337. The van der Waals surface area contributed by atoms with Crippen LogP contribution >= 0.6 is 0 Å². The summed E-state index contributed by atoms with van der Waals surface area (Å²) in [7, 11) is 0. The van der Waals surface area contributed by atoms with E-state index in [2.05, 4.69) is 26.9 Å². The highest BCUT2D eigenvalue weighted by Gasteiger charge is 2.29. The zero-order valence-electron chi connectivity index (χ0n) is 25.1. The molecule has 0 saturated heterocycles. The number of hydrogen-bond donors (Lipinski definition) is 3. The molecule has 226 valence electrons. The van der Waals surface area contributed by atoms with Crippen molar-refractivity contribution in [1.29, 1.82) is 0 Å². The number of H-pyrrole nitrogens is 2. The van der Waals surface area contributed by atoms with Gasteiger partial charge in [0.1, 0.15) is 0 Å². The number of carboxylic acid groups (broad SMARTS) is 2. The van der Waals surface area contributed by atoms with Crippen LogP contribution in [0.1, 0.15) is 67.3 Å². The minimum absolute atomic E-state index is 0.182. The Balaban J connectivity index is 1.86. The van der Waals surface area contributed by atoms with E-state index in [4.69, 9.17) is 0 Å². The largest absolute Gasteiger partial charge is 0.550 e. The van der Waals surface area contributed by atoms with Crippen molar-refractivity contribution in [1.82, 2.24) is 15.3 Å². The summed E-state index contributed by atoms with van der Waals surface area (Å²) in [5, 5.41) is 27.1. The van der Waals surface area contributed by atoms with Gasteiger partial charge in [0.2, 0.25) is 0 Å². The first kappa shape index (κ1) is 31.2. The molecular weight excluding hydrogens is 548 g/mol. The van der Waals surface area contributed by atoms with Crippen LogP contribution in [-0.2, 0) is 38.4 Å². The van der Waals surface area contributed by atoms with E-state index in [0.29, 0.717) is 34.1 Å². The number of nitrogens with zero attached hydrogens (tertiary/aromatic N) is 1. The van der Waals surface area contributed by atoms with E-state index in [-0.39, 0.29) is 49.5 Å². The predicted molar refractivity (Wildman–Crippen MR) is 159 cm³/mol. The molecule has 2 unspecified atom stereocenters. The topological polar surface area (TPSA) is 170 Å². The van der Waals surface area contributed by atoms with E-state index in [1.54, 1.807) is 19.1 Å².